The fraction of sp³-hybridized carbons (Fsp3) is 0.562. The van der Waals surface area contributed by atoms with E-state index in [1.54, 1.807) is 12.1 Å². The summed E-state index contributed by atoms with van der Waals surface area (Å²) in [5.74, 6) is 0.547. The average molecular weight is 484 g/mol. The predicted octanol–water partition coefficient (Wildman–Crippen LogP) is 1.58. The molecule has 142 valence electrons. The molecule has 25 heavy (non-hydrogen) atoms. The lowest BCUT2D eigenvalue weighted by atomic mass is 10.2. The third-order valence-electron chi connectivity index (χ3n) is 3.83. The summed E-state index contributed by atoms with van der Waals surface area (Å²) in [6.45, 7) is 5.73. The van der Waals surface area contributed by atoms with Gasteiger partial charge in [-0.05, 0) is 19.1 Å². The number of hydrogen-bond acceptors (Lipinski definition) is 4. The van der Waals surface area contributed by atoms with Gasteiger partial charge in [-0.1, -0.05) is 12.1 Å². The maximum atomic E-state index is 13.9. The van der Waals surface area contributed by atoms with Crippen LogP contribution in [0.15, 0.2) is 29.3 Å². The zero-order valence-corrected chi connectivity index (χ0v) is 17.8. The van der Waals surface area contributed by atoms with Crippen molar-refractivity contribution in [1.29, 1.82) is 0 Å². The quantitative estimate of drug-likeness (QED) is 0.391. The van der Waals surface area contributed by atoms with Crippen molar-refractivity contribution in [3.63, 3.8) is 0 Å². The molecule has 0 atom stereocenters. The fourth-order valence-corrected chi connectivity index (χ4v) is 3.03. The summed E-state index contributed by atoms with van der Waals surface area (Å²) in [5.41, 5.74) is 0.621. The Morgan fingerprint density at radius 3 is 2.44 bits per heavy atom. The van der Waals surface area contributed by atoms with E-state index in [0.29, 0.717) is 44.4 Å². The highest BCUT2D eigenvalue weighted by Gasteiger charge is 2.21. The molecule has 0 aliphatic carbocycles. The molecule has 0 unspecified atom stereocenters. The molecule has 1 aliphatic rings. The van der Waals surface area contributed by atoms with Crippen molar-refractivity contribution in [3.05, 3.63) is 30.1 Å². The minimum Gasteiger partial charge on any atom is -0.366 e. The van der Waals surface area contributed by atoms with Crippen LogP contribution in [0.5, 0.6) is 0 Å². The molecule has 1 aromatic rings. The number of nitrogens with one attached hydrogen (secondary N) is 1. The molecule has 0 radical (unpaired) electrons. The van der Waals surface area contributed by atoms with E-state index in [-0.39, 0.29) is 42.1 Å². The molecule has 0 amide bonds. The van der Waals surface area contributed by atoms with E-state index in [1.165, 1.54) is 12.3 Å². The molecule has 1 heterocycles. The lowest BCUT2D eigenvalue weighted by Gasteiger charge is -2.37. The molecular weight excluding hydrogens is 458 g/mol. The van der Waals surface area contributed by atoms with Crippen LogP contribution in [0.2, 0.25) is 0 Å². The summed E-state index contributed by atoms with van der Waals surface area (Å²) >= 11 is 0. The maximum Gasteiger partial charge on any atom is 0.194 e. The molecular formula is C16H26FIN4O2S. The van der Waals surface area contributed by atoms with Gasteiger partial charge in [-0.25, -0.2) is 12.8 Å². The number of hydrogen-bond donors (Lipinski definition) is 1. The summed E-state index contributed by atoms with van der Waals surface area (Å²) < 4.78 is 36.3. The lowest BCUT2D eigenvalue weighted by molar-refractivity contribution is 0.371. The van der Waals surface area contributed by atoms with Crippen molar-refractivity contribution in [2.45, 2.75) is 6.92 Å². The first kappa shape index (κ1) is 21.9. The second-order valence-corrected chi connectivity index (χ2v) is 8.05. The van der Waals surface area contributed by atoms with Crippen LogP contribution in [0.4, 0.5) is 10.1 Å². The topological polar surface area (TPSA) is 65.0 Å². The highest BCUT2D eigenvalue weighted by atomic mass is 127. The predicted molar refractivity (Wildman–Crippen MR) is 111 cm³/mol. The van der Waals surface area contributed by atoms with E-state index in [0.717, 1.165) is 0 Å². The Morgan fingerprint density at radius 1 is 1.24 bits per heavy atom. The van der Waals surface area contributed by atoms with Gasteiger partial charge in [-0.3, -0.25) is 4.99 Å². The Hall–Kier alpha value is -1.10. The number of aliphatic imine (C=N–C) groups is 1. The van der Waals surface area contributed by atoms with Gasteiger partial charge in [0, 0.05) is 39.0 Å². The zero-order chi connectivity index (χ0) is 17.6. The van der Waals surface area contributed by atoms with Crippen molar-refractivity contribution in [1.82, 2.24) is 10.2 Å². The van der Waals surface area contributed by atoms with Crippen LogP contribution in [-0.4, -0.2) is 70.6 Å². The molecule has 9 heteroatoms. The second-order valence-electron chi connectivity index (χ2n) is 5.79. The molecule has 1 N–H and O–H groups in total. The largest absolute Gasteiger partial charge is 0.366 e. The summed E-state index contributed by atoms with van der Waals surface area (Å²) in [5, 5.41) is 3.19. The third kappa shape index (κ3) is 6.96. The van der Waals surface area contributed by atoms with E-state index in [2.05, 4.69) is 15.2 Å². The van der Waals surface area contributed by atoms with Gasteiger partial charge in [0.1, 0.15) is 15.7 Å². The standard InChI is InChI=1S/C16H25FN4O2S.HI/c1-3-18-16(19-8-13-24(2,22)23)21-11-9-20(10-12-21)15-7-5-4-6-14(15)17;/h4-7H,3,8-13H2,1-2H3,(H,18,19);1H. The lowest BCUT2D eigenvalue weighted by Crippen LogP contribution is -2.52. The number of piperazine rings is 1. The number of sulfone groups is 1. The van der Waals surface area contributed by atoms with Gasteiger partial charge in [0.15, 0.2) is 5.96 Å². The van der Waals surface area contributed by atoms with Gasteiger partial charge in [0.25, 0.3) is 0 Å². The van der Waals surface area contributed by atoms with Crippen molar-refractivity contribution >= 4 is 45.5 Å². The van der Waals surface area contributed by atoms with E-state index < -0.39 is 9.84 Å². The smallest absolute Gasteiger partial charge is 0.194 e. The number of halogens is 2. The Morgan fingerprint density at radius 2 is 1.88 bits per heavy atom. The van der Waals surface area contributed by atoms with Gasteiger partial charge < -0.3 is 15.1 Å². The molecule has 0 saturated carbocycles. The first-order chi connectivity index (χ1) is 11.4. The summed E-state index contributed by atoms with van der Waals surface area (Å²) in [7, 11) is -3.02. The van der Waals surface area contributed by atoms with Crippen LogP contribution in [0, 0.1) is 5.82 Å². The molecule has 0 aromatic heterocycles. The van der Waals surface area contributed by atoms with Crippen LogP contribution in [-0.2, 0) is 9.84 Å². The molecule has 0 spiro atoms. The molecule has 6 nitrogen and oxygen atoms in total. The number of benzene rings is 1. The monoisotopic (exact) mass is 484 g/mol. The summed E-state index contributed by atoms with van der Waals surface area (Å²) in [4.78, 5) is 8.50. The Bertz CT molecular complexity index is 676. The number of para-hydroxylation sites is 1. The van der Waals surface area contributed by atoms with Gasteiger partial charge in [-0.2, -0.15) is 0 Å². The SMILES string of the molecule is CCNC(=NCCS(C)(=O)=O)N1CCN(c2ccccc2F)CC1.I. The van der Waals surface area contributed by atoms with Gasteiger partial charge in [0.2, 0.25) is 0 Å². The molecule has 1 aromatic carbocycles. The van der Waals surface area contributed by atoms with Crippen molar-refractivity contribution in [2.24, 2.45) is 4.99 Å². The summed E-state index contributed by atoms with van der Waals surface area (Å²) in [6, 6.07) is 6.78. The zero-order valence-electron chi connectivity index (χ0n) is 14.6. The van der Waals surface area contributed by atoms with Gasteiger partial charge >= 0.3 is 0 Å². The number of nitrogens with zero attached hydrogens (tertiary/aromatic N) is 3. The first-order valence-electron chi connectivity index (χ1n) is 8.11. The van der Waals surface area contributed by atoms with Crippen LogP contribution in [0.1, 0.15) is 6.92 Å². The molecule has 1 aliphatic heterocycles. The van der Waals surface area contributed by atoms with E-state index in [1.807, 2.05) is 17.9 Å². The van der Waals surface area contributed by atoms with Gasteiger partial charge in [-0.15, -0.1) is 24.0 Å². The van der Waals surface area contributed by atoms with Gasteiger partial charge in [0.05, 0.1) is 18.0 Å². The van der Waals surface area contributed by atoms with E-state index in [4.69, 9.17) is 0 Å². The van der Waals surface area contributed by atoms with Crippen LogP contribution < -0.4 is 10.2 Å². The molecule has 1 saturated heterocycles. The van der Waals surface area contributed by atoms with Crippen molar-refractivity contribution in [3.8, 4) is 0 Å². The Kier molecular flexibility index (Phi) is 8.91. The number of anilines is 1. The molecule has 0 bridgehead atoms. The third-order valence-corrected chi connectivity index (χ3v) is 4.76. The number of rotatable bonds is 5. The minimum absolute atomic E-state index is 0. The Balaban J connectivity index is 0.00000312. The highest BCUT2D eigenvalue weighted by Crippen LogP contribution is 2.20. The average Bonchev–Trinajstić information content (AvgIpc) is 2.54. The van der Waals surface area contributed by atoms with Crippen LogP contribution in [0.25, 0.3) is 0 Å². The van der Waals surface area contributed by atoms with Crippen molar-refractivity contribution < 1.29 is 12.8 Å². The highest BCUT2D eigenvalue weighted by molar-refractivity contribution is 14.0. The second kappa shape index (κ2) is 10.1. The first-order valence-corrected chi connectivity index (χ1v) is 10.2. The summed E-state index contributed by atoms with van der Waals surface area (Å²) in [6.07, 6.45) is 1.21. The minimum atomic E-state index is -3.02. The molecule has 1 fully saturated rings. The van der Waals surface area contributed by atoms with Crippen molar-refractivity contribution in [2.75, 3.05) is 56.2 Å². The molecule has 2 rings (SSSR count). The van der Waals surface area contributed by atoms with E-state index >= 15 is 0 Å². The fourth-order valence-electron chi connectivity index (χ4n) is 2.61. The van der Waals surface area contributed by atoms with Crippen LogP contribution >= 0.6 is 24.0 Å². The normalized spacial score (nSPS) is 15.7. The van der Waals surface area contributed by atoms with E-state index in [9.17, 15) is 12.8 Å². The Labute approximate surface area is 166 Å². The number of guanidine groups is 1. The maximum absolute atomic E-state index is 13.9. The van der Waals surface area contributed by atoms with Crippen LogP contribution in [0.3, 0.4) is 0 Å².